The molecule has 25 heavy (non-hydrogen) atoms. The van der Waals surface area contributed by atoms with Crippen LogP contribution in [0.25, 0.3) is 0 Å². The summed E-state index contributed by atoms with van der Waals surface area (Å²) in [6.07, 6.45) is -3.46. The van der Waals surface area contributed by atoms with Crippen LogP contribution in [0, 0.1) is 6.92 Å². The van der Waals surface area contributed by atoms with Crippen LogP contribution >= 0.6 is 11.8 Å². The Morgan fingerprint density at radius 3 is 2.52 bits per heavy atom. The Bertz CT molecular complexity index is 743. The van der Waals surface area contributed by atoms with Crippen molar-refractivity contribution in [3.63, 3.8) is 0 Å². The predicted molar refractivity (Wildman–Crippen MR) is 94.5 cm³/mol. The van der Waals surface area contributed by atoms with Crippen molar-refractivity contribution >= 4 is 23.9 Å². The number of thioether (sulfide) groups is 1. The van der Waals surface area contributed by atoms with Gasteiger partial charge in [-0.3, -0.25) is 4.79 Å². The van der Waals surface area contributed by atoms with E-state index in [9.17, 15) is 18.0 Å². The van der Waals surface area contributed by atoms with Crippen LogP contribution in [-0.2, 0) is 16.7 Å². The van der Waals surface area contributed by atoms with Gasteiger partial charge in [0.2, 0.25) is 5.91 Å². The van der Waals surface area contributed by atoms with Gasteiger partial charge in [-0.1, -0.05) is 48.0 Å². The lowest BCUT2D eigenvalue weighted by Crippen LogP contribution is -2.20. The number of hydrazone groups is 1. The van der Waals surface area contributed by atoms with Gasteiger partial charge in [-0.2, -0.15) is 18.3 Å². The van der Waals surface area contributed by atoms with Crippen LogP contribution in [0.15, 0.2) is 53.6 Å². The first-order valence-electron chi connectivity index (χ1n) is 7.47. The van der Waals surface area contributed by atoms with E-state index in [4.69, 9.17) is 0 Å². The zero-order valence-corrected chi connectivity index (χ0v) is 14.3. The maximum Gasteiger partial charge on any atom is 0.417 e. The number of alkyl halides is 3. The van der Waals surface area contributed by atoms with Gasteiger partial charge in [-0.25, -0.2) is 5.43 Å². The van der Waals surface area contributed by atoms with Crippen LogP contribution in [0.5, 0.6) is 0 Å². The molecule has 1 amide bonds. The fourth-order valence-electron chi connectivity index (χ4n) is 2.02. The molecule has 0 aliphatic heterocycles. The number of hydrogen-bond acceptors (Lipinski definition) is 3. The Morgan fingerprint density at radius 2 is 1.84 bits per heavy atom. The summed E-state index contributed by atoms with van der Waals surface area (Å²) in [4.78, 5) is 11.7. The number of nitrogens with zero attached hydrogens (tertiary/aromatic N) is 1. The molecule has 0 radical (unpaired) electrons. The number of amides is 1. The van der Waals surface area contributed by atoms with Gasteiger partial charge in [0.05, 0.1) is 17.5 Å². The molecule has 0 bridgehead atoms. The van der Waals surface area contributed by atoms with Crippen molar-refractivity contribution < 1.29 is 18.0 Å². The predicted octanol–water partition coefficient (Wildman–Crippen LogP) is 4.40. The molecule has 3 nitrogen and oxygen atoms in total. The fraction of sp³-hybridized carbons (Fsp3) is 0.222. The van der Waals surface area contributed by atoms with E-state index in [1.54, 1.807) is 0 Å². The van der Waals surface area contributed by atoms with Crippen molar-refractivity contribution in [2.75, 3.05) is 5.75 Å². The third kappa shape index (κ3) is 6.26. The van der Waals surface area contributed by atoms with Crippen LogP contribution < -0.4 is 5.43 Å². The maximum absolute atomic E-state index is 12.8. The molecule has 0 aromatic heterocycles. The average Bonchev–Trinajstić information content (AvgIpc) is 2.56. The largest absolute Gasteiger partial charge is 0.417 e. The third-order valence-electron chi connectivity index (χ3n) is 3.28. The highest BCUT2D eigenvalue weighted by atomic mass is 32.2. The number of carbonyl (C=O) groups is 1. The molecule has 0 fully saturated rings. The van der Waals surface area contributed by atoms with Crippen LogP contribution in [0.3, 0.4) is 0 Å². The maximum atomic E-state index is 12.8. The van der Waals surface area contributed by atoms with E-state index in [2.05, 4.69) is 10.5 Å². The van der Waals surface area contributed by atoms with Crippen molar-refractivity contribution in [2.24, 2.45) is 5.10 Å². The van der Waals surface area contributed by atoms with Gasteiger partial charge in [-0.05, 0) is 18.6 Å². The Morgan fingerprint density at radius 1 is 1.16 bits per heavy atom. The Kier molecular flexibility index (Phi) is 6.64. The molecule has 2 rings (SSSR count). The zero-order chi connectivity index (χ0) is 18.3. The van der Waals surface area contributed by atoms with Gasteiger partial charge >= 0.3 is 6.18 Å². The van der Waals surface area contributed by atoms with Crippen LogP contribution in [0.4, 0.5) is 13.2 Å². The van der Waals surface area contributed by atoms with Crippen LogP contribution in [0.2, 0.25) is 0 Å². The van der Waals surface area contributed by atoms with E-state index in [-0.39, 0.29) is 17.2 Å². The molecule has 0 aliphatic rings. The summed E-state index contributed by atoms with van der Waals surface area (Å²) in [7, 11) is 0. The first kappa shape index (κ1) is 19.1. The Labute approximate surface area is 148 Å². The molecular weight excluding hydrogens is 349 g/mol. The summed E-state index contributed by atoms with van der Waals surface area (Å²) >= 11 is 1.41. The quantitative estimate of drug-likeness (QED) is 0.608. The highest BCUT2D eigenvalue weighted by Gasteiger charge is 2.32. The minimum Gasteiger partial charge on any atom is -0.272 e. The first-order chi connectivity index (χ1) is 11.9. The van der Waals surface area contributed by atoms with Gasteiger partial charge in [0.15, 0.2) is 0 Å². The summed E-state index contributed by atoms with van der Waals surface area (Å²) in [6, 6.07) is 13.0. The average molecular weight is 366 g/mol. The molecule has 1 N–H and O–H groups in total. The van der Waals surface area contributed by atoms with Crippen LogP contribution in [0.1, 0.15) is 22.3 Å². The monoisotopic (exact) mass is 366 g/mol. The number of aryl methyl sites for hydroxylation is 1. The molecule has 0 saturated carbocycles. The Balaban J connectivity index is 1.82. The van der Waals surface area contributed by atoms with Crippen molar-refractivity contribution in [2.45, 2.75) is 18.9 Å². The highest BCUT2D eigenvalue weighted by Crippen LogP contribution is 2.31. The molecule has 0 aliphatic carbocycles. The molecule has 0 spiro atoms. The lowest BCUT2D eigenvalue weighted by molar-refractivity contribution is -0.137. The van der Waals surface area contributed by atoms with Crippen molar-refractivity contribution in [1.29, 1.82) is 0 Å². The molecule has 132 valence electrons. The van der Waals surface area contributed by atoms with Crippen molar-refractivity contribution in [3.8, 4) is 0 Å². The number of benzene rings is 2. The number of halogens is 3. The van der Waals surface area contributed by atoms with Gasteiger partial charge in [0.25, 0.3) is 0 Å². The summed E-state index contributed by atoms with van der Waals surface area (Å²) in [5, 5.41) is 3.62. The third-order valence-corrected chi connectivity index (χ3v) is 4.29. The van der Waals surface area contributed by atoms with Crippen LogP contribution in [-0.4, -0.2) is 17.9 Å². The molecule has 7 heteroatoms. The molecule has 0 unspecified atom stereocenters. The highest BCUT2D eigenvalue weighted by molar-refractivity contribution is 7.99. The minimum absolute atomic E-state index is 0.0948. The number of rotatable bonds is 6. The van der Waals surface area contributed by atoms with Gasteiger partial charge in [0, 0.05) is 11.3 Å². The van der Waals surface area contributed by atoms with E-state index < -0.39 is 11.7 Å². The number of nitrogens with one attached hydrogen (secondary N) is 1. The van der Waals surface area contributed by atoms with Crippen molar-refractivity contribution in [1.82, 2.24) is 5.43 Å². The molecular formula is C18H17F3N2OS. The van der Waals surface area contributed by atoms with E-state index in [1.165, 1.54) is 35.5 Å². The summed E-state index contributed by atoms with van der Waals surface area (Å²) < 4.78 is 38.5. The van der Waals surface area contributed by atoms with Gasteiger partial charge in [-0.15, -0.1) is 11.8 Å². The second kappa shape index (κ2) is 8.71. The zero-order valence-electron chi connectivity index (χ0n) is 13.5. The standard InChI is InChI=1S/C18H17F3N2OS/c1-13-6-8-14(9-7-13)11-25-12-17(24)23-22-10-15-4-2-3-5-16(15)18(19,20)21/h2-10H,11-12H2,1H3,(H,23,24)/b22-10-. The molecule has 2 aromatic carbocycles. The summed E-state index contributed by atoms with van der Waals surface area (Å²) in [6.45, 7) is 2.00. The van der Waals surface area contributed by atoms with Gasteiger partial charge < -0.3 is 0 Å². The SMILES string of the molecule is Cc1ccc(CSCC(=O)N/N=C\c2ccccc2C(F)(F)F)cc1. The molecule has 0 atom stereocenters. The summed E-state index contributed by atoms with van der Waals surface area (Å²) in [5.41, 5.74) is 3.63. The van der Waals surface area contributed by atoms with E-state index in [0.29, 0.717) is 5.75 Å². The minimum atomic E-state index is -4.46. The van der Waals surface area contributed by atoms with E-state index >= 15 is 0 Å². The molecule has 0 heterocycles. The first-order valence-corrected chi connectivity index (χ1v) is 8.63. The van der Waals surface area contributed by atoms with Gasteiger partial charge in [0.1, 0.15) is 0 Å². The van der Waals surface area contributed by atoms with E-state index in [1.807, 2.05) is 31.2 Å². The number of carbonyl (C=O) groups excluding carboxylic acids is 1. The van der Waals surface area contributed by atoms with Crippen molar-refractivity contribution in [3.05, 3.63) is 70.8 Å². The lowest BCUT2D eigenvalue weighted by atomic mass is 10.1. The molecule has 2 aromatic rings. The molecule has 0 saturated heterocycles. The Hall–Kier alpha value is -2.28. The topological polar surface area (TPSA) is 41.5 Å². The second-order valence-corrected chi connectivity index (χ2v) is 6.34. The lowest BCUT2D eigenvalue weighted by Gasteiger charge is -2.09. The second-order valence-electron chi connectivity index (χ2n) is 5.36. The smallest absolute Gasteiger partial charge is 0.272 e. The summed E-state index contributed by atoms with van der Waals surface area (Å²) in [5.74, 6) is 0.485. The number of hydrogen-bond donors (Lipinski definition) is 1. The fourth-order valence-corrected chi connectivity index (χ4v) is 2.80. The normalized spacial score (nSPS) is 11.7. The van der Waals surface area contributed by atoms with E-state index in [0.717, 1.165) is 17.8 Å².